The van der Waals surface area contributed by atoms with Gasteiger partial charge in [0.2, 0.25) is 0 Å². The maximum Gasteiger partial charge on any atom is 0.254 e. The van der Waals surface area contributed by atoms with E-state index < -0.39 is 0 Å². The van der Waals surface area contributed by atoms with Crippen molar-refractivity contribution in [2.24, 2.45) is 0 Å². The minimum Gasteiger partial charge on any atom is -0.490 e. The van der Waals surface area contributed by atoms with Gasteiger partial charge >= 0.3 is 0 Å². The molecule has 2 fully saturated rings. The van der Waals surface area contributed by atoms with Crippen LogP contribution >= 0.6 is 0 Å². The summed E-state index contributed by atoms with van der Waals surface area (Å²) in [5.41, 5.74) is 0.676. The number of piperidine rings is 1. The average molecular weight is 333 g/mol. The zero-order valence-corrected chi connectivity index (χ0v) is 14.8. The van der Waals surface area contributed by atoms with Crippen molar-refractivity contribution in [1.29, 1.82) is 0 Å². The van der Waals surface area contributed by atoms with Crippen molar-refractivity contribution in [2.45, 2.75) is 57.7 Å². The topological polar surface area (TPSA) is 48.0 Å². The average Bonchev–Trinajstić information content (AvgIpc) is 2.86. The quantitative estimate of drug-likeness (QED) is 0.802. The van der Waals surface area contributed by atoms with E-state index in [9.17, 15) is 4.79 Å². The SMILES string of the molecule is CCOc1ccc(C(=O)N2C3CCC2CC(OC)C3)cc1OCC. The van der Waals surface area contributed by atoms with Gasteiger partial charge in [0.25, 0.3) is 5.91 Å². The summed E-state index contributed by atoms with van der Waals surface area (Å²) in [6.45, 7) is 4.98. The molecule has 5 heteroatoms. The van der Waals surface area contributed by atoms with Crippen LogP contribution in [0.25, 0.3) is 0 Å². The summed E-state index contributed by atoms with van der Waals surface area (Å²) >= 11 is 0. The van der Waals surface area contributed by atoms with Crippen molar-refractivity contribution in [3.8, 4) is 11.5 Å². The van der Waals surface area contributed by atoms with Crippen LogP contribution in [0.5, 0.6) is 11.5 Å². The molecule has 3 rings (SSSR count). The second-order valence-corrected chi connectivity index (χ2v) is 6.45. The number of hydrogen-bond donors (Lipinski definition) is 0. The molecule has 2 saturated heterocycles. The van der Waals surface area contributed by atoms with Gasteiger partial charge in [0.05, 0.1) is 19.3 Å². The Labute approximate surface area is 143 Å². The zero-order chi connectivity index (χ0) is 17.1. The fraction of sp³-hybridized carbons (Fsp3) is 0.632. The van der Waals surface area contributed by atoms with Crippen molar-refractivity contribution in [3.05, 3.63) is 23.8 Å². The van der Waals surface area contributed by atoms with Gasteiger partial charge in [-0.3, -0.25) is 4.79 Å². The molecule has 0 aromatic heterocycles. The van der Waals surface area contributed by atoms with Crippen LogP contribution < -0.4 is 9.47 Å². The van der Waals surface area contributed by atoms with Crippen LogP contribution in [0, 0.1) is 0 Å². The summed E-state index contributed by atoms with van der Waals surface area (Å²) < 4.78 is 16.8. The monoisotopic (exact) mass is 333 g/mol. The molecule has 0 N–H and O–H groups in total. The maximum absolute atomic E-state index is 13.1. The van der Waals surface area contributed by atoms with Crippen molar-refractivity contribution in [1.82, 2.24) is 4.90 Å². The molecule has 1 amide bonds. The zero-order valence-electron chi connectivity index (χ0n) is 14.8. The van der Waals surface area contributed by atoms with Crippen molar-refractivity contribution >= 4 is 5.91 Å². The first-order valence-corrected chi connectivity index (χ1v) is 8.93. The van der Waals surface area contributed by atoms with Crippen LogP contribution in [0.4, 0.5) is 0 Å². The minimum absolute atomic E-state index is 0.0982. The standard InChI is InChI=1S/C19H27NO4/c1-4-23-17-9-6-13(10-18(17)24-5-2)19(21)20-14-7-8-15(20)12-16(11-14)22-3/h6,9-10,14-16H,4-5,7-8,11-12H2,1-3H3. The molecule has 2 unspecified atom stereocenters. The van der Waals surface area contributed by atoms with E-state index in [-0.39, 0.29) is 12.0 Å². The largest absolute Gasteiger partial charge is 0.490 e. The normalized spacial score (nSPS) is 25.6. The summed E-state index contributed by atoms with van der Waals surface area (Å²) in [5.74, 6) is 1.43. The summed E-state index contributed by atoms with van der Waals surface area (Å²) in [7, 11) is 1.77. The number of benzene rings is 1. The predicted molar refractivity (Wildman–Crippen MR) is 91.8 cm³/mol. The van der Waals surface area contributed by atoms with Crippen LogP contribution in [0.1, 0.15) is 49.9 Å². The fourth-order valence-electron chi connectivity index (χ4n) is 3.98. The van der Waals surface area contributed by atoms with E-state index in [2.05, 4.69) is 4.90 Å². The first-order chi connectivity index (χ1) is 11.7. The Hall–Kier alpha value is -1.75. The van der Waals surface area contributed by atoms with Gasteiger partial charge in [-0.1, -0.05) is 0 Å². The van der Waals surface area contributed by atoms with E-state index in [0.717, 1.165) is 25.7 Å². The second kappa shape index (κ2) is 7.43. The Morgan fingerprint density at radius 2 is 1.71 bits per heavy atom. The highest BCUT2D eigenvalue weighted by molar-refractivity contribution is 5.95. The molecule has 0 radical (unpaired) electrons. The molecule has 2 heterocycles. The van der Waals surface area contributed by atoms with E-state index >= 15 is 0 Å². The summed E-state index contributed by atoms with van der Waals surface area (Å²) in [4.78, 5) is 15.1. The Kier molecular flexibility index (Phi) is 5.29. The van der Waals surface area contributed by atoms with Crippen molar-refractivity contribution in [3.63, 3.8) is 0 Å². The lowest BCUT2D eigenvalue weighted by Gasteiger charge is -2.38. The van der Waals surface area contributed by atoms with Gasteiger partial charge in [0.15, 0.2) is 11.5 Å². The highest BCUT2D eigenvalue weighted by Gasteiger charge is 2.43. The summed E-state index contributed by atoms with van der Waals surface area (Å²) in [6, 6.07) is 6.09. The molecule has 2 aliphatic rings. The van der Waals surface area contributed by atoms with Crippen LogP contribution in [0.15, 0.2) is 18.2 Å². The Bertz CT molecular complexity index is 575. The van der Waals surface area contributed by atoms with Crippen LogP contribution in [-0.4, -0.2) is 49.3 Å². The number of carbonyl (C=O) groups is 1. The van der Waals surface area contributed by atoms with E-state index in [1.807, 2.05) is 32.0 Å². The van der Waals surface area contributed by atoms with Crippen molar-refractivity contribution in [2.75, 3.05) is 20.3 Å². The van der Waals surface area contributed by atoms with Crippen LogP contribution in [0.2, 0.25) is 0 Å². The molecule has 132 valence electrons. The second-order valence-electron chi connectivity index (χ2n) is 6.45. The highest BCUT2D eigenvalue weighted by Crippen LogP contribution is 2.38. The third kappa shape index (κ3) is 3.22. The molecular weight excluding hydrogens is 306 g/mol. The van der Waals surface area contributed by atoms with E-state index in [1.165, 1.54) is 0 Å². The molecule has 24 heavy (non-hydrogen) atoms. The number of rotatable bonds is 6. The molecule has 1 aromatic carbocycles. The Balaban J connectivity index is 1.81. The molecule has 0 aliphatic carbocycles. The third-order valence-corrected chi connectivity index (χ3v) is 5.05. The fourth-order valence-corrected chi connectivity index (χ4v) is 3.98. The molecule has 0 saturated carbocycles. The third-order valence-electron chi connectivity index (χ3n) is 5.05. The van der Waals surface area contributed by atoms with Crippen LogP contribution in [-0.2, 0) is 4.74 Å². The van der Waals surface area contributed by atoms with Gasteiger partial charge in [0, 0.05) is 24.8 Å². The van der Waals surface area contributed by atoms with Gasteiger partial charge in [0.1, 0.15) is 0 Å². The molecule has 5 nitrogen and oxygen atoms in total. The van der Waals surface area contributed by atoms with E-state index in [0.29, 0.717) is 42.4 Å². The molecule has 1 aromatic rings. The lowest BCUT2D eigenvalue weighted by Crippen LogP contribution is -2.48. The molecule has 2 bridgehead atoms. The lowest BCUT2D eigenvalue weighted by atomic mass is 9.98. The number of amides is 1. The number of ether oxygens (including phenoxy) is 3. The number of methoxy groups -OCH3 is 1. The van der Waals surface area contributed by atoms with Gasteiger partial charge < -0.3 is 19.1 Å². The molecule has 2 atom stereocenters. The Morgan fingerprint density at radius 3 is 2.29 bits per heavy atom. The molecule has 0 spiro atoms. The molecule has 2 aliphatic heterocycles. The predicted octanol–water partition coefficient (Wildman–Crippen LogP) is 3.27. The van der Waals surface area contributed by atoms with Gasteiger partial charge in [-0.05, 0) is 57.7 Å². The first kappa shape index (κ1) is 17.1. The van der Waals surface area contributed by atoms with Gasteiger partial charge in [-0.25, -0.2) is 0 Å². The molecular formula is C19H27NO4. The first-order valence-electron chi connectivity index (χ1n) is 8.93. The summed E-state index contributed by atoms with van der Waals surface area (Å²) in [5, 5.41) is 0. The van der Waals surface area contributed by atoms with Gasteiger partial charge in [-0.15, -0.1) is 0 Å². The lowest BCUT2D eigenvalue weighted by molar-refractivity contribution is 0.00820. The number of nitrogens with zero attached hydrogens (tertiary/aromatic N) is 1. The maximum atomic E-state index is 13.1. The van der Waals surface area contributed by atoms with Gasteiger partial charge in [-0.2, -0.15) is 0 Å². The highest BCUT2D eigenvalue weighted by atomic mass is 16.5. The number of hydrogen-bond acceptors (Lipinski definition) is 4. The summed E-state index contributed by atoms with van der Waals surface area (Å²) in [6.07, 6.45) is 4.31. The van der Waals surface area contributed by atoms with Crippen LogP contribution in [0.3, 0.4) is 0 Å². The van der Waals surface area contributed by atoms with Crippen molar-refractivity contribution < 1.29 is 19.0 Å². The Morgan fingerprint density at radius 1 is 1.08 bits per heavy atom. The smallest absolute Gasteiger partial charge is 0.254 e. The van der Waals surface area contributed by atoms with E-state index in [1.54, 1.807) is 7.11 Å². The number of fused-ring (bicyclic) bond motifs is 2. The van der Waals surface area contributed by atoms with E-state index in [4.69, 9.17) is 14.2 Å². The minimum atomic E-state index is 0.0982. The number of carbonyl (C=O) groups excluding carboxylic acids is 1.